The Morgan fingerprint density at radius 3 is 2.62 bits per heavy atom. The molecule has 3 aromatic rings. The van der Waals surface area contributed by atoms with Crippen LogP contribution in [0.5, 0.6) is 0 Å². The summed E-state index contributed by atoms with van der Waals surface area (Å²) in [5, 5.41) is 4.52. The van der Waals surface area contributed by atoms with E-state index in [-0.39, 0.29) is 5.56 Å². The van der Waals surface area contributed by atoms with Gasteiger partial charge in [0.25, 0.3) is 5.78 Å². The number of Topliss-reactive ketones (excluding diaryl/α,β-unsaturated/α-hetero) is 1. The van der Waals surface area contributed by atoms with E-state index >= 15 is 0 Å². The molecule has 2 aromatic heterocycles. The normalized spacial score (nSPS) is 10.8. The van der Waals surface area contributed by atoms with Crippen molar-refractivity contribution >= 4 is 33.3 Å². The number of fused-ring (bicyclic) bond motifs is 1. The van der Waals surface area contributed by atoms with Gasteiger partial charge >= 0.3 is 5.97 Å². The number of aryl methyl sites for hydroxylation is 2. The zero-order valence-corrected chi connectivity index (χ0v) is 14.9. The van der Waals surface area contributed by atoms with E-state index in [0.29, 0.717) is 17.0 Å². The second kappa shape index (κ2) is 6.16. The Labute approximate surface area is 146 Å². The molecule has 6 nitrogen and oxygen atoms in total. The van der Waals surface area contributed by atoms with Crippen LogP contribution in [0.25, 0.3) is 16.9 Å². The number of hydrogen-bond acceptors (Lipinski definition) is 5. The van der Waals surface area contributed by atoms with E-state index in [9.17, 15) is 9.59 Å². The molecule has 0 bridgehead atoms. The van der Waals surface area contributed by atoms with Crippen molar-refractivity contribution in [3.8, 4) is 11.3 Å². The van der Waals surface area contributed by atoms with Gasteiger partial charge in [-0.2, -0.15) is 5.10 Å². The largest absolute Gasteiger partial charge is 0.463 e. The molecule has 7 heteroatoms. The van der Waals surface area contributed by atoms with E-state index < -0.39 is 11.8 Å². The fourth-order valence-electron chi connectivity index (χ4n) is 2.61. The number of ether oxygens (including phenoxy) is 1. The molecule has 0 aliphatic rings. The SMILES string of the molecule is COC(=O)C(=O)c1c(C)nc2cc(-c3cccc(Br)c3)nn2c1C. The van der Waals surface area contributed by atoms with Crippen LogP contribution >= 0.6 is 15.9 Å². The molecular weight excluding hydrogens is 374 g/mol. The molecule has 0 spiro atoms. The lowest BCUT2D eigenvalue weighted by atomic mass is 10.1. The Kier molecular flexibility index (Phi) is 4.19. The topological polar surface area (TPSA) is 73.6 Å². The van der Waals surface area contributed by atoms with E-state index in [1.165, 1.54) is 7.11 Å². The van der Waals surface area contributed by atoms with Gasteiger partial charge in [0.1, 0.15) is 0 Å². The third kappa shape index (κ3) is 2.71. The van der Waals surface area contributed by atoms with Crippen molar-refractivity contribution in [1.82, 2.24) is 14.6 Å². The summed E-state index contributed by atoms with van der Waals surface area (Å²) in [7, 11) is 1.18. The van der Waals surface area contributed by atoms with Crippen LogP contribution in [0, 0.1) is 13.8 Å². The van der Waals surface area contributed by atoms with Crippen LogP contribution in [0.3, 0.4) is 0 Å². The van der Waals surface area contributed by atoms with Gasteiger partial charge in [0.2, 0.25) is 0 Å². The molecule has 2 heterocycles. The summed E-state index contributed by atoms with van der Waals surface area (Å²) in [5.74, 6) is -1.64. The van der Waals surface area contributed by atoms with Gasteiger partial charge in [-0.3, -0.25) is 4.79 Å². The molecule has 0 aliphatic heterocycles. The number of esters is 1. The number of hydrogen-bond donors (Lipinski definition) is 0. The minimum Gasteiger partial charge on any atom is -0.463 e. The molecule has 0 saturated carbocycles. The molecule has 0 fully saturated rings. The van der Waals surface area contributed by atoms with Crippen LogP contribution in [-0.2, 0) is 9.53 Å². The number of nitrogens with zero attached hydrogens (tertiary/aromatic N) is 3. The fraction of sp³-hybridized carbons (Fsp3) is 0.176. The van der Waals surface area contributed by atoms with Crippen molar-refractivity contribution in [1.29, 1.82) is 0 Å². The Bertz CT molecular complexity index is 979. The van der Waals surface area contributed by atoms with E-state index in [4.69, 9.17) is 0 Å². The maximum Gasteiger partial charge on any atom is 0.379 e. The van der Waals surface area contributed by atoms with E-state index in [0.717, 1.165) is 15.7 Å². The molecule has 0 N–H and O–H groups in total. The summed E-state index contributed by atoms with van der Waals surface area (Å²) >= 11 is 3.44. The highest BCUT2D eigenvalue weighted by Gasteiger charge is 2.24. The third-order valence-electron chi connectivity index (χ3n) is 3.73. The molecule has 3 rings (SSSR count). The van der Waals surface area contributed by atoms with Gasteiger partial charge in [-0.15, -0.1) is 0 Å². The number of halogens is 1. The van der Waals surface area contributed by atoms with Crippen molar-refractivity contribution in [2.45, 2.75) is 13.8 Å². The lowest BCUT2D eigenvalue weighted by Crippen LogP contribution is -2.20. The first-order chi connectivity index (χ1) is 11.4. The van der Waals surface area contributed by atoms with Crippen LogP contribution in [0.15, 0.2) is 34.8 Å². The van der Waals surface area contributed by atoms with Gasteiger partial charge in [-0.1, -0.05) is 28.1 Å². The van der Waals surface area contributed by atoms with Crippen molar-refractivity contribution in [3.05, 3.63) is 51.8 Å². The zero-order chi connectivity index (χ0) is 17.4. The lowest BCUT2D eigenvalue weighted by Gasteiger charge is -2.08. The van der Waals surface area contributed by atoms with Gasteiger partial charge in [-0.25, -0.2) is 14.3 Å². The molecule has 24 heavy (non-hydrogen) atoms. The second-order valence-electron chi connectivity index (χ2n) is 5.29. The number of methoxy groups -OCH3 is 1. The average molecular weight is 388 g/mol. The summed E-state index contributed by atoms with van der Waals surface area (Å²) in [6, 6.07) is 9.58. The first-order valence-electron chi connectivity index (χ1n) is 7.18. The van der Waals surface area contributed by atoms with Crippen LogP contribution < -0.4 is 0 Å². The van der Waals surface area contributed by atoms with Crippen molar-refractivity contribution in [2.24, 2.45) is 0 Å². The summed E-state index contributed by atoms with van der Waals surface area (Å²) in [4.78, 5) is 28.2. The molecule has 0 radical (unpaired) electrons. The lowest BCUT2D eigenvalue weighted by molar-refractivity contribution is -0.135. The Morgan fingerprint density at radius 2 is 1.96 bits per heavy atom. The fourth-order valence-corrected chi connectivity index (χ4v) is 3.00. The molecule has 122 valence electrons. The van der Waals surface area contributed by atoms with Crippen LogP contribution in [0.1, 0.15) is 21.7 Å². The molecule has 0 atom stereocenters. The van der Waals surface area contributed by atoms with Crippen LogP contribution in [0.2, 0.25) is 0 Å². The number of benzene rings is 1. The monoisotopic (exact) mass is 387 g/mol. The molecule has 0 saturated heterocycles. The first kappa shape index (κ1) is 16.3. The van der Waals surface area contributed by atoms with Crippen molar-refractivity contribution < 1.29 is 14.3 Å². The van der Waals surface area contributed by atoms with Crippen molar-refractivity contribution in [2.75, 3.05) is 7.11 Å². The average Bonchev–Trinajstić information content (AvgIpc) is 2.98. The standard InChI is InChI=1S/C17H14BrN3O3/c1-9-15(16(22)17(23)24-3)10(2)21-14(19-9)8-13(20-21)11-5-4-6-12(18)7-11/h4-8H,1-3H3. The zero-order valence-electron chi connectivity index (χ0n) is 13.3. The highest BCUT2D eigenvalue weighted by Crippen LogP contribution is 2.24. The molecular formula is C17H14BrN3O3. The summed E-state index contributed by atoms with van der Waals surface area (Å²) in [6.07, 6.45) is 0. The van der Waals surface area contributed by atoms with Gasteiger partial charge in [0.05, 0.1) is 29.8 Å². The minimum atomic E-state index is -0.915. The summed E-state index contributed by atoms with van der Waals surface area (Å²) in [5.41, 5.74) is 3.51. The Balaban J connectivity index is 2.19. The third-order valence-corrected chi connectivity index (χ3v) is 4.23. The van der Waals surface area contributed by atoms with Crippen LogP contribution in [0.4, 0.5) is 0 Å². The maximum absolute atomic E-state index is 12.2. The van der Waals surface area contributed by atoms with Gasteiger partial charge in [0.15, 0.2) is 5.65 Å². The smallest absolute Gasteiger partial charge is 0.379 e. The van der Waals surface area contributed by atoms with E-state index in [2.05, 4.69) is 30.7 Å². The van der Waals surface area contributed by atoms with Crippen LogP contribution in [-0.4, -0.2) is 33.5 Å². The van der Waals surface area contributed by atoms with Gasteiger partial charge in [-0.05, 0) is 26.0 Å². The Morgan fingerprint density at radius 1 is 1.21 bits per heavy atom. The predicted octanol–water partition coefficient (Wildman–Crippen LogP) is 3.13. The maximum atomic E-state index is 12.2. The number of aromatic nitrogens is 3. The Hall–Kier alpha value is -2.54. The van der Waals surface area contributed by atoms with E-state index in [1.54, 1.807) is 18.4 Å². The summed E-state index contributed by atoms with van der Waals surface area (Å²) < 4.78 is 7.04. The first-order valence-corrected chi connectivity index (χ1v) is 7.97. The second-order valence-corrected chi connectivity index (χ2v) is 6.20. The van der Waals surface area contributed by atoms with E-state index in [1.807, 2.05) is 30.3 Å². The quantitative estimate of drug-likeness (QED) is 0.392. The highest BCUT2D eigenvalue weighted by molar-refractivity contribution is 9.10. The predicted molar refractivity (Wildman–Crippen MR) is 91.9 cm³/mol. The summed E-state index contributed by atoms with van der Waals surface area (Å²) in [6.45, 7) is 3.42. The van der Waals surface area contributed by atoms with Gasteiger partial charge in [0, 0.05) is 16.1 Å². The molecule has 1 aromatic carbocycles. The van der Waals surface area contributed by atoms with Gasteiger partial charge < -0.3 is 4.74 Å². The highest BCUT2D eigenvalue weighted by atomic mass is 79.9. The number of rotatable bonds is 3. The number of ketones is 1. The molecule has 0 unspecified atom stereocenters. The molecule has 0 amide bonds. The molecule has 0 aliphatic carbocycles. The number of carbonyl (C=O) groups excluding carboxylic acids is 2. The number of carbonyl (C=O) groups is 2. The van der Waals surface area contributed by atoms with Crippen molar-refractivity contribution in [3.63, 3.8) is 0 Å². The minimum absolute atomic E-state index is 0.221.